The second-order valence-electron chi connectivity index (χ2n) is 8.20. The maximum absolute atomic E-state index is 12.9. The van der Waals surface area contributed by atoms with Gasteiger partial charge in [-0.05, 0) is 75.2 Å². The summed E-state index contributed by atoms with van der Waals surface area (Å²) in [6.45, 7) is 3.61. The first-order valence-corrected chi connectivity index (χ1v) is 10.7. The molecule has 1 fully saturated rings. The second kappa shape index (κ2) is 9.20. The number of carbonyl (C=O) groups is 1. The van der Waals surface area contributed by atoms with E-state index in [0.29, 0.717) is 35.1 Å². The van der Waals surface area contributed by atoms with E-state index in [0.717, 1.165) is 24.1 Å². The highest BCUT2D eigenvalue weighted by Gasteiger charge is 2.20. The van der Waals surface area contributed by atoms with Gasteiger partial charge in [0.25, 0.3) is 11.5 Å². The fourth-order valence-electron chi connectivity index (χ4n) is 4.22. The molecule has 1 aromatic carbocycles. The number of benzene rings is 1. The van der Waals surface area contributed by atoms with E-state index in [4.69, 9.17) is 5.26 Å². The Morgan fingerprint density at radius 1 is 1.31 bits per heavy atom. The van der Waals surface area contributed by atoms with E-state index in [1.165, 1.54) is 23.7 Å². The lowest BCUT2D eigenvalue weighted by atomic mass is 10.0. The molecule has 0 bridgehead atoms. The van der Waals surface area contributed by atoms with Crippen LogP contribution in [0, 0.1) is 18.3 Å². The van der Waals surface area contributed by atoms with Crippen molar-refractivity contribution in [2.45, 2.75) is 32.2 Å². The zero-order valence-corrected chi connectivity index (χ0v) is 18.3. The van der Waals surface area contributed by atoms with Crippen LogP contribution < -0.4 is 10.9 Å². The molecular formula is C24H26N6O2. The van der Waals surface area contributed by atoms with Crippen molar-refractivity contribution in [3.8, 4) is 23.0 Å². The number of likely N-dealkylation sites (tertiary alicyclic amines) is 1. The number of H-pyrrole nitrogens is 1. The first kappa shape index (κ1) is 21.5. The van der Waals surface area contributed by atoms with Gasteiger partial charge in [0, 0.05) is 25.0 Å². The number of aromatic nitrogens is 3. The van der Waals surface area contributed by atoms with E-state index in [2.05, 4.69) is 33.4 Å². The van der Waals surface area contributed by atoms with Gasteiger partial charge in [0.2, 0.25) is 0 Å². The lowest BCUT2D eigenvalue weighted by Gasteiger charge is -2.19. The molecular weight excluding hydrogens is 404 g/mol. The first-order valence-electron chi connectivity index (χ1n) is 10.7. The number of hydrogen-bond acceptors (Lipinski definition) is 5. The van der Waals surface area contributed by atoms with E-state index in [1.54, 1.807) is 36.5 Å². The van der Waals surface area contributed by atoms with Gasteiger partial charge >= 0.3 is 0 Å². The van der Waals surface area contributed by atoms with Crippen molar-refractivity contribution in [3.05, 3.63) is 69.8 Å². The van der Waals surface area contributed by atoms with Gasteiger partial charge in [-0.15, -0.1) is 0 Å². The number of hydrogen-bond donors (Lipinski definition) is 2. The molecule has 0 radical (unpaired) electrons. The van der Waals surface area contributed by atoms with Gasteiger partial charge in [0.05, 0.1) is 22.8 Å². The Hall–Kier alpha value is -3.70. The van der Waals surface area contributed by atoms with Crippen molar-refractivity contribution >= 4 is 5.91 Å². The van der Waals surface area contributed by atoms with Crippen LogP contribution in [0.2, 0.25) is 0 Å². The van der Waals surface area contributed by atoms with Crippen LogP contribution in [0.1, 0.15) is 40.7 Å². The van der Waals surface area contributed by atoms with Crippen molar-refractivity contribution in [1.82, 2.24) is 25.0 Å². The van der Waals surface area contributed by atoms with Crippen molar-refractivity contribution in [1.29, 1.82) is 5.26 Å². The number of nitrogens with one attached hydrogen (secondary N) is 2. The number of amides is 1. The molecule has 3 heterocycles. The maximum Gasteiger partial charge on any atom is 0.280 e. The van der Waals surface area contributed by atoms with E-state index in [-0.39, 0.29) is 11.5 Å². The molecule has 164 valence electrons. The Morgan fingerprint density at radius 3 is 2.81 bits per heavy atom. The first-order chi connectivity index (χ1) is 15.5. The Morgan fingerprint density at radius 2 is 2.16 bits per heavy atom. The highest BCUT2D eigenvalue weighted by atomic mass is 16.1. The minimum absolute atomic E-state index is 0.169. The molecule has 0 aliphatic carbocycles. The maximum atomic E-state index is 12.9. The van der Waals surface area contributed by atoms with Gasteiger partial charge < -0.3 is 10.2 Å². The number of aromatic amines is 1. The van der Waals surface area contributed by atoms with E-state index in [1.807, 2.05) is 6.92 Å². The zero-order chi connectivity index (χ0) is 22.7. The van der Waals surface area contributed by atoms with Gasteiger partial charge in [0.1, 0.15) is 0 Å². The Kier molecular flexibility index (Phi) is 6.19. The van der Waals surface area contributed by atoms with Gasteiger partial charge in [-0.1, -0.05) is 6.07 Å². The van der Waals surface area contributed by atoms with Crippen molar-refractivity contribution in [2.24, 2.45) is 0 Å². The molecule has 1 atom stereocenters. The molecule has 1 amide bonds. The number of aryl methyl sites for hydroxylation is 1. The van der Waals surface area contributed by atoms with Crippen LogP contribution in [0.5, 0.6) is 0 Å². The Bertz CT molecular complexity index is 1220. The summed E-state index contributed by atoms with van der Waals surface area (Å²) >= 11 is 0. The topological polar surface area (TPSA) is 107 Å². The van der Waals surface area contributed by atoms with Gasteiger partial charge in [-0.3, -0.25) is 14.7 Å². The number of carbonyl (C=O) groups excluding carboxylic acids is 1. The SMILES string of the molecule is Cc1cc(C#N)ccc1-c1c[nH]n(-c2ccc(C(=O)NCCC3CCCN3C)cn2)c1=O. The summed E-state index contributed by atoms with van der Waals surface area (Å²) in [7, 11) is 2.12. The summed E-state index contributed by atoms with van der Waals surface area (Å²) in [5.41, 5.74) is 2.85. The third-order valence-corrected chi connectivity index (χ3v) is 6.09. The highest BCUT2D eigenvalue weighted by Crippen LogP contribution is 2.21. The summed E-state index contributed by atoms with van der Waals surface area (Å²) in [6.07, 6.45) is 6.43. The number of pyridine rings is 1. The third kappa shape index (κ3) is 4.34. The number of nitrogens with zero attached hydrogens (tertiary/aromatic N) is 4. The molecule has 1 aliphatic rings. The van der Waals surface area contributed by atoms with Gasteiger partial charge in [-0.2, -0.15) is 5.26 Å². The van der Waals surface area contributed by atoms with Crippen molar-refractivity contribution in [3.63, 3.8) is 0 Å². The fraction of sp³-hybridized carbons (Fsp3) is 0.333. The Balaban J connectivity index is 1.45. The molecule has 8 nitrogen and oxygen atoms in total. The second-order valence-corrected chi connectivity index (χ2v) is 8.20. The fourth-order valence-corrected chi connectivity index (χ4v) is 4.22. The van der Waals surface area contributed by atoms with Crippen LogP contribution >= 0.6 is 0 Å². The van der Waals surface area contributed by atoms with Crippen LogP contribution in [0.3, 0.4) is 0 Å². The molecule has 2 N–H and O–H groups in total. The summed E-state index contributed by atoms with van der Waals surface area (Å²) in [5, 5.41) is 14.9. The summed E-state index contributed by atoms with van der Waals surface area (Å²) in [6, 6.07) is 11.2. The molecule has 8 heteroatoms. The predicted molar refractivity (Wildman–Crippen MR) is 122 cm³/mol. The van der Waals surface area contributed by atoms with E-state index < -0.39 is 0 Å². The minimum Gasteiger partial charge on any atom is -0.352 e. The number of rotatable bonds is 6. The predicted octanol–water partition coefficient (Wildman–Crippen LogP) is 2.62. The molecule has 0 saturated carbocycles. The van der Waals surface area contributed by atoms with Crippen LogP contribution in [0.25, 0.3) is 16.9 Å². The largest absolute Gasteiger partial charge is 0.352 e. The smallest absolute Gasteiger partial charge is 0.280 e. The lowest BCUT2D eigenvalue weighted by Crippen LogP contribution is -2.31. The van der Waals surface area contributed by atoms with Crippen LogP contribution in [-0.2, 0) is 0 Å². The molecule has 32 heavy (non-hydrogen) atoms. The molecule has 2 aromatic heterocycles. The summed E-state index contributed by atoms with van der Waals surface area (Å²) in [4.78, 5) is 32.0. The third-order valence-electron chi connectivity index (χ3n) is 6.09. The quantitative estimate of drug-likeness (QED) is 0.625. The summed E-state index contributed by atoms with van der Waals surface area (Å²) in [5.74, 6) is 0.231. The van der Waals surface area contributed by atoms with Gasteiger partial charge in [-0.25, -0.2) is 9.67 Å². The van der Waals surface area contributed by atoms with Crippen molar-refractivity contribution < 1.29 is 4.79 Å². The normalized spacial score (nSPS) is 16.1. The number of nitriles is 1. The van der Waals surface area contributed by atoms with Crippen molar-refractivity contribution in [2.75, 3.05) is 20.1 Å². The standard InChI is InChI=1S/C24H26N6O2/c1-16-12-17(13-25)5-7-20(16)21-15-28-30(24(21)32)22-8-6-18(14-27-22)23(31)26-10-9-19-4-3-11-29(19)2/h5-8,12,14-15,19,28H,3-4,9-11H2,1-2H3,(H,26,31). The molecule has 4 rings (SSSR count). The highest BCUT2D eigenvalue weighted by molar-refractivity contribution is 5.93. The monoisotopic (exact) mass is 430 g/mol. The van der Waals surface area contributed by atoms with E-state index >= 15 is 0 Å². The van der Waals surface area contributed by atoms with Crippen LogP contribution in [-0.4, -0.2) is 51.8 Å². The van der Waals surface area contributed by atoms with Crippen LogP contribution in [0.15, 0.2) is 47.5 Å². The summed E-state index contributed by atoms with van der Waals surface area (Å²) < 4.78 is 1.34. The molecule has 0 spiro atoms. The zero-order valence-electron chi connectivity index (χ0n) is 18.3. The molecule has 1 aliphatic heterocycles. The van der Waals surface area contributed by atoms with Gasteiger partial charge in [0.15, 0.2) is 5.82 Å². The molecule has 1 unspecified atom stereocenters. The van der Waals surface area contributed by atoms with Crippen LogP contribution in [0.4, 0.5) is 0 Å². The lowest BCUT2D eigenvalue weighted by molar-refractivity contribution is 0.0950. The van der Waals surface area contributed by atoms with E-state index in [9.17, 15) is 9.59 Å². The molecule has 3 aromatic rings. The minimum atomic E-state index is -0.247. The molecule has 1 saturated heterocycles. The average molecular weight is 431 g/mol. The average Bonchev–Trinajstić information content (AvgIpc) is 3.39. The Labute approximate surface area is 186 Å².